The van der Waals surface area contributed by atoms with Gasteiger partial charge < -0.3 is 15.4 Å². The number of carbonyl (C=O) groups excluding carboxylic acids is 1. The van der Waals surface area contributed by atoms with Crippen LogP contribution in [-0.4, -0.2) is 18.0 Å². The molecule has 0 unspecified atom stereocenters. The Balaban J connectivity index is 1.74. The number of nitrogens with zero attached hydrogens (tertiary/aromatic N) is 1. The first-order chi connectivity index (χ1) is 13.4. The highest BCUT2D eigenvalue weighted by molar-refractivity contribution is 6.04. The molecule has 2 aromatic carbocycles. The van der Waals surface area contributed by atoms with Crippen LogP contribution in [0.3, 0.4) is 0 Å². The number of pyridine rings is 1. The summed E-state index contributed by atoms with van der Waals surface area (Å²) in [5.41, 5.74) is 4.05. The Kier molecular flexibility index (Phi) is 5.64. The van der Waals surface area contributed by atoms with Crippen LogP contribution in [0.25, 0.3) is 0 Å². The van der Waals surface area contributed by atoms with Gasteiger partial charge in [-0.15, -0.1) is 0 Å². The third-order valence-corrected chi connectivity index (χ3v) is 4.39. The lowest BCUT2D eigenvalue weighted by atomic mass is 9.87. The number of methoxy groups -OCH3 is 1. The molecule has 0 saturated heterocycles. The fourth-order valence-corrected chi connectivity index (χ4v) is 2.79. The zero-order valence-corrected chi connectivity index (χ0v) is 16.6. The van der Waals surface area contributed by atoms with Gasteiger partial charge >= 0.3 is 0 Å². The molecule has 5 nitrogen and oxygen atoms in total. The van der Waals surface area contributed by atoms with Crippen molar-refractivity contribution in [1.29, 1.82) is 0 Å². The van der Waals surface area contributed by atoms with Gasteiger partial charge in [0.15, 0.2) is 0 Å². The van der Waals surface area contributed by atoms with E-state index < -0.39 is 0 Å². The number of hydrogen-bond donors (Lipinski definition) is 2. The molecule has 0 radical (unpaired) electrons. The predicted molar refractivity (Wildman–Crippen MR) is 114 cm³/mol. The van der Waals surface area contributed by atoms with Crippen molar-refractivity contribution in [3.8, 4) is 5.75 Å². The smallest absolute Gasteiger partial charge is 0.274 e. The predicted octanol–water partition coefficient (Wildman–Crippen LogP) is 5.38. The Morgan fingerprint density at radius 3 is 2.36 bits per heavy atom. The molecule has 0 bridgehead atoms. The van der Waals surface area contributed by atoms with E-state index in [9.17, 15) is 4.79 Å². The fourth-order valence-electron chi connectivity index (χ4n) is 2.79. The lowest BCUT2D eigenvalue weighted by Gasteiger charge is -2.19. The quantitative estimate of drug-likeness (QED) is 0.628. The second-order valence-electron chi connectivity index (χ2n) is 7.54. The zero-order chi connectivity index (χ0) is 20.1. The number of rotatable bonds is 5. The summed E-state index contributed by atoms with van der Waals surface area (Å²) < 4.78 is 5.27. The van der Waals surface area contributed by atoms with Crippen LogP contribution in [0.1, 0.15) is 36.8 Å². The summed E-state index contributed by atoms with van der Waals surface area (Å²) >= 11 is 0. The number of nitrogens with one attached hydrogen (secondary N) is 2. The van der Waals surface area contributed by atoms with Crippen molar-refractivity contribution in [3.63, 3.8) is 0 Å². The van der Waals surface area contributed by atoms with Gasteiger partial charge in [-0.3, -0.25) is 9.78 Å². The number of amides is 1. The lowest BCUT2D eigenvalue weighted by Crippen LogP contribution is -2.14. The lowest BCUT2D eigenvalue weighted by molar-refractivity contribution is 0.102. The second kappa shape index (κ2) is 8.13. The summed E-state index contributed by atoms with van der Waals surface area (Å²) in [7, 11) is 1.57. The van der Waals surface area contributed by atoms with E-state index >= 15 is 0 Å². The van der Waals surface area contributed by atoms with Crippen molar-refractivity contribution in [2.24, 2.45) is 0 Å². The molecular weight excluding hydrogens is 350 g/mol. The molecule has 2 N–H and O–H groups in total. The molecule has 0 aliphatic heterocycles. The monoisotopic (exact) mass is 375 g/mol. The summed E-state index contributed by atoms with van der Waals surface area (Å²) in [5, 5.41) is 6.16. The minimum Gasteiger partial charge on any atom is -0.495 e. The number of benzene rings is 2. The molecule has 1 aromatic heterocycles. The molecule has 0 saturated carbocycles. The number of para-hydroxylation sites is 2. The topological polar surface area (TPSA) is 63.2 Å². The van der Waals surface area contributed by atoms with Gasteiger partial charge in [0.05, 0.1) is 12.8 Å². The summed E-state index contributed by atoms with van der Waals surface area (Å²) in [6, 6.07) is 19.1. The van der Waals surface area contributed by atoms with Gasteiger partial charge in [-0.2, -0.15) is 0 Å². The first-order valence-electron chi connectivity index (χ1n) is 9.15. The van der Waals surface area contributed by atoms with Crippen molar-refractivity contribution >= 4 is 23.0 Å². The Hall–Kier alpha value is -3.34. The molecule has 0 atom stereocenters. The average molecular weight is 375 g/mol. The van der Waals surface area contributed by atoms with Crippen LogP contribution in [-0.2, 0) is 5.41 Å². The molecule has 5 heteroatoms. The first-order valence-corrected chi connectivity index (χ1v) is 9.15. The zero-order valence-electron chi connectivity index (χ0n) is 16.6. The first kappa shape index (κ1) is 19.4. The maximum Gasteiger partial charge on any atom is 0.274 e. The Morgan fingerprint density at radius 1 is 0.964 bits per heavy atom. The number of hydrogen-bond acceptors (Lipinski definition) is 4. The van der Waals surface area contributed by atoms with E-state index in [0.29, 0.717) is 17.1 Å². The van der Waals surface area contributed by atoms with Gasteiger partial charge in [0.25, 0.3) is 5.91 Å². The number of anilines is 3. The van der Waals surface area contributed by atoms with E-state index in [1.165, 1.54) is 5.56 Å². The van der Waals surface area contributed by atoms with Gasteiger partial charge in [0.2, 0.25) is 0 Å². The molecule has 1 heterocycles. The molecule has 0 spiro atoms. The maximum atomic E-state index is 12.6. The van der Waals surface area contributed by atoms with Crippen LogP contribution in [0.15, 0.2) is 66.9 Å². The molecule has 28 heavy (non-hydrogen) atoms. The molecule has 3 aromatic rings. The van der Waals surface area contributed by atoms with E-state index in [1.54, 1.807) is 31.5 Å². The molecule has 0 aliphatic carbocycles. The van der Waals surface area contributed by atoms with Crippen molar-refractivity contribution in [1.82, 2.24) is 4.98 Å². The van der Waals surface area contributed by atoms with E-state index in [2.05, 4.69) is 48.5 Å². The third kappa shape index (κ3) is 4.68. The average Bonchev–Trinajstić information content (AvgIpc) is 2.68. The molecule has 0 fully saturated rings. The highest BCUT2D eigenvalue weighted by Crippen LogP contribution is 2.26. The molecule has 3 rings (SSSR count). The van der Waals surface area contributed by atoms with E-state index in [-0.39, 0.29) is 11.3 Å². The van der Waals surface area contributed by atoms with Crippen molar-refractivity contribution in [2.75, 3.05) is 17.7 Å². The van der Waals surface area contributed by atoms with Gasteiger partial charge in [0.1, 0.15) is 11.4 Å². The summed E-state index contributed by atoms with van der Waals surface area (Å²) in [6.07, 6.45) is 1.61. The maximum absolute atomic E-state index is 12.6. The van der Waals surface area contributed by atoms with Crippen LogP contribution in [0.5, 0.6) is 5.75 Å². The highest BCUT2D eigenvalue weighted by atomic mass is 16.5. The Bertz CT molecular complexity index is 960. The van der Waals surface area contributed by atoms with Crippen LogP contribution in [0, 0.1) is 0 Å². The minimum atomic E-state index is -0.295. The Morgan fingerprint density at radius 2 is 1.68 bits per heavy atom. The third-order valence-electron chi connectivity index (χ3n) is 4.39. The van der Waals surface area contributed by atoms with Crippen LogP contribution < -0.4 is 15.4 Å². The van der Waals surface area contributed by atoms with Gasteiger partial charge in [-0.05, 0) is 47.4 Å². The van der Waals surface area contributed by atoms with Crippen molar-refractivity contribution < 1.29 is 9.53 Å². The van der Waals surface area contributed by atoms with Crippen LogP contribution in [0.2, 0.25) is 0 Å². The molecule has 1 amide bonds. The van der Waals surface area contributed by atoms with Gasteiger partial charge in [-0.25, -0.2) is 0 Å². The Labute approximate surface area is 165 Å². The number of aromatic nitrogens is 1. The van der Waals surface area contributed by atoms with Gasteiger partial charge in [0, 0.05) is 17.6 Å². The van der Waals surface area contributed by atoms with E-state index in [4.69, 9.17) is 4.74 Å². The van der Waals surface area contributed by atoms with E-state index in [0.717, 1.165) is 11.4 Å². The SMILES string of the molecule is COc1ccccc1NC(=O)c1cc(Nc2ccc(C(C)(C)C)cc2)ccn1. The minimum absolute atomic E-state index is 0.110. The molecular formula is C23H25N3O2. The summed E-state index contributed by atoms with van der Waals surface area (Å²) in [6.45, 7) is 6.56. The number of ether oxygens (including phenoxy) is 1. The van der Waals surface area contributed by atoms with Crippen LogP contribution in [0.4, 0.5) is 17.1 Å². The number of carbonyl (C=O) groups is 1. The van der Waals surface area contributed by atoms with Crippen molar-refractivity contribution in [2.45, 2.75) is 26.2 Å². The molecule has 0 aliphatic rings. The van der Waals surface area contributed by atoms with Crippen molar-refractivity contribution in [3.05, 3.63) is 78.1 Å². The summed E-state index contributed by atoms with van der Waals surface area (Å²) in [4.78, 5) is 16.8. The highest BCUT2D eigenvalue weighted by Gasteiger charge is 2.13. The summed E-state index contributed by atoms with van der Waals surface area (Å²) in [5.74, 6) is 0.306. The largest absolute Gasteiger partial charge is 0.495 e. The van der Waals surface area contributed by atoms with Crippen LogP contribution >= 0.6 is 0 Å². The van der Waals surface area contributed by atoms with E-state index in [1.807, 2.05) is 30.3 Å². The standard InChI is InChI=1S/C23H25N3O2/c1-23(2,3)16-9-11-17(12-10-16)25-18-13-14-24-20(15-18)22(27)26-19-7-5-6-8-21(19)28-4/h5-15H,1-4H3,(H,24,25)(H,26,27). The normalized spacial score (nSPS) is 11.0. The second-order valence-corrected chi connectivity index (χ2v) is 7.54. The fraction of sp³-hybridized carbons (Fsp3) is 0.217. The van der Waals surface area contributed by atoms with Gasteiger partial charge in [-0.1, -0.05) is 45.0 Å². The molecule has 144 valence electrons.